The summed E-state index contributed by atoms with van der Waals surface area (Å²) in [5.74, 6) is 1.04. The number of amides is 1. The third-order valence-corrected chi connectivity index (χ3v) is 4.91. The summed E-state index contributed by atoms with van der Waals surface area (Å²) in [6.45, 7) is 8.23. The summed E-state index contributed by atoms with van der Waals surface area (Å²) >= 11 is 0. The molecule has 0 spiro atoms. The number of carbonyl (C=O) groups excluding carboxylic acids is 1. The molecule has 1 aliphatic rings. The molecule has 2 aromatic carbocycles. The van der Waals surface area contributed by atoms with Gasteiger partial charge in [-0.15, -0.1) is 0 Å². The summed E-state index contributed by atoms with van der Waals surface area (Å²) < 4.78 is 25.1. The first-order chi connectivity index (χ1) is 14.1. The van der Waals surface area contributed by atoms with Gasteiger partial charge in [-0.2, -0.15) is 0 Å². The molecule has 156 valence electrons. The summed E-state index contributed by atoms with van der Waals surface area (Å²) in [5, 5.41) is 2.96. The first-order valence-corrected chi connectivity index (χ1v) is 10.1. The van der Waals surface area contributed by atoms with E-state index < -0.39 is 0 Å². The Labute approximate surface area is 171 Å². The Kier molecular flexibility index (Phi) is 7.30. The van der Waals surface area contributed by atoms with E-state index in [-0.39, 0.29) is 11.7 Å². The largest absolute Gasteiger partial charge is 0.494 e. The number of quaternary nitrogens is 1. The van der Waals surface area contributed by atoms with E-state index in [9.17, 15) is 9.18 Å². The highest BCUT2D eigenvalue weighted by Crippen LogP contribution is 2.29. The predicted molar refractivity (Wildman–Crippen MR) is 112 cm³/mol. The minimum atomic E-state index is -0.202. The van der Waals surface area contributed by atoms with Crippen LogP contribution in [0.3, 0.4) is 0 Å². The summed E-state index contributed by atoms with van der Waals surface area (Å²) in [4.78, 5) is 15.8. The molecule has 1 fully saturated rings. The lowest BCUT2D eigenvalue weighted by atomic mass is 10.2. The minimum Gasteiger partial charge on any atom is -0.494 e. The van der Waals surface area contributed by atoms with Gasteiger partial charge in [0.2, 0.25) is 0 Å². The van der Waals surface area contributed by atoms with Gasteiger partial charge in [0, 0.05) is 6.07 Å². The molecule has 29 heavy (non-hydrogen) atoms. The quantitative estimate of drug-likeness (QED) is 0.709. The van der Waals surface area contributed by atoms with Crippen LogP contribution in [0, 0.1) is 5.82 Å². The molecule has 0 bridgehead atoms. The van der Waals surface area contributed by atoms with Gasteiger partial charge in [-0.3, -0.25) is 4.79 Å². The molecule has 0 atom stereocenters. The van der Waals surface area contributed by atoms with Crippen LogP contribution in [0.15, 0.2) is 42.5 Å². The Balaban J connectivity index is 1.56. The van der Waals surface area contributed by atoms with Crippen LogP contribution in [0.2, 0.25) is 0 Å². The molecule has 0 aromatic heterocycles. The number of rotatable bonds is 8. The van der Waals surface area contributed by atoms with Crippen LogP contribution in [0.4, 0.5) is 15.8 Å². The van der Waals surface area contributed by atoms with Crippen molar-refractivity contribution < 1.29 is 23.6 Å². The SMILES string of the molecule is CCOc1ccc(OCC)c(NC(=O)C[NH+]2CCN(c3ccccc3F)CC2)c1. The molecule has 0 unspecified atom stereocenters. The van der Waals surface area contributed by atoms with Gasteiger partial charge in [-0.25, -0.2) is 4.39 Å². The van der Waals surface area contributed by atoms with Gasteiger partial charge in [-0.05, 0) is 38.1 Å². The van der Waals surface area contributed by atoms with E-state index >= 15 is 0 Å². The van der Waals surface area contributed by atoms with E-state index in [1.807, 2.05) is 36.9 Å². The second-order valence-electron chi connectivity index (χ2n) is 6.94. The molecule has 1 amide bonds. The van der Waals surface area contributed by atoms with Crippen molar-refractivity contribution in [1.29, 1.82) is 0 Å². The van der Waals surface area contributed by atoms with Crippen molar-refractivity contribution in [3.8, 4) is 11.5 Å². The molecule has 2 aromatic rings. The number of nitrogens with one attached hydrogen (secondary N) is 2. The number of benzene rings is 2. The van der Waals surface area contributed by atoms with E-state index in [4.69, 9.17) is 9.47 Å². The highest BCUT2D eigenvalue weighted by atomic mass is 19.1. The number of para-hydroxylation sites is 1. The number of carbonyl (C=O) groups is 1. The summed E-state index contributed by atoms with van der Waals surface area (Å²) in [5.41, 5.74) is 1.25. The molecule has 1 saturated heterocycles. The number of ether oxygens (including phenoxy) is 2. The van der Waals surface area contributed by atoms with Crippen molar-refractivity contribution in [3.05, 3.63) is 48.3 Å². The fourth-order valence-electron chi connectivity index (χ4n) is 3.51. The zero-order chi connectivity index (χ0) is 20.6. The van der Waals surface area contributed by atoms with E-state index in [2.05, 4.69) is 5.32 Å². The van der Waals surface area contributed by atoms with Crippen LogP contribution in [0.25, 0.3) is 0 Å². The molecule has 0 aliphatic carbocycles. The molecule has 3 rings (SSSR count). The molecular formula is C22H29FN3O3+. The van der Waals surface area contributed by atoms with Crippen molar-refractivity contribution in [1.82, 2.24) is 0 Å². The van der Waals surface area contributed by atoms with E-state index in [0.717, 1.165) is 13.1 Å². The molecule has 7 heteroatoms. The summed E-state index contributed by atoms with van der Waals surface area (Å²) in [7, 11) is 0. The van der Waals surface area contributed by atoms with Gasteiger partial charge >= 0.3 is 0 Å². The lowest BCUT2D eigenvalue weighted by Gasteiger charge is -2.33. The zero-order valence-electron chi connectivity index (χ0n) is 17.0. The van der Waals surface area contributed by atoms with Crippen LogP contribution in [0.5, 0.6) is 11.5 Å². The van der Waals surface area contributed by atoms with Crippen molar-refractivity contribution in [2.24, 2.45) is 0 Å². The number of halogens is 1. The average molecular weight is 402 g/mol. The van der Waals surface area contributed by atoms with Crippen molar-refractivity contribution in [2.75, 3.05) is 56.2 Å². The third-order valence-electron chi connectivity index (χ3n) is 4.91. The Morgan fingerprint density at radius 1 is 1.10 bits per heavy atom. The van der Waals surface area contributed by atoms with Gasteiger partial charge in [0.05, 0.1) is 50.8 Å². The Morgan fingerprint density at radius 3 is 2.52 bits per heavy atom. The van der Waals surface area contributed by atoms with E-state index in [1.165, 1.54) is 11.0 Å². The standard InChI is InChI=1S/C22H28FN3O3/c1-3-28-17-9-10-21(29-4-2)19(15-17)24-22(27)16-25-11-13-26(14-12-25)20-8-6-5-7-18(20)23/h5-10,15H,3-4,11-14,16H2,1-2H3,(H,24,27)/p+1. The van der Waals surface area contributed by atoms with Gasteiger partial charge in [-0.1, -0.05) is 12.1 Å². The smallest absolute Gasteiger partial charge is 0.279 e. The highest BCUT2D eigenvalue weighted by Gasteiger charge is 2.24. The van der Waals surface area contributed by atoms with Crippen molar-refractivity contribution in [3.63, 3.8) is 0 Å². The maximum absolute atomic E-state index is 14.0. The van der Waals surface area contributed by atoms with Crippen LogP contribution in [-0.2, 0) is 4.79 Å². The fourth-order valence-corrected chi connectivity index (χ4v) is 3.51. The maximum atomic E-state index is 14.0. The van der Waals surface area contributed by atoms with E-state index in [1.54, 1.807) is 18.2 Å². The fraction of sp³-hybridized carbons (Fsp3) is 0.409. The minimum absolute atomic E-state index is 0.0751. The maximum Gasteiger partial charge on any atom is 0.279 e. The molecule has 6 nitrogen and oxygen atoms in total. The zero-order valence-corrected chi connectivity index (χ0v) is 17.0. The number of piperazine rings is 1. The first-order valence-electron chi connectivity index (χ1n) is 10.1. The van der Waals surface area contributed by atoms with Crippen molar-refractivity contribution >= 4 is 17.3 Å². The molecule has 0 saturated carbocycles. The summed E-state index contributed by atoms with van der Waals surface area (Å²) in [6.07, 6.45) is 0. The third kappa shape index (κ3) is 5.60. The predicted octanol–water partition coefficient (Wildman–Crippen LogP) is 1.97. The normalized spacial score (nSPS) is 14.5. The monoisotopic (exact) mass is 402 g/mol. The van der Waals surface area contributed by atoms with Gasteiger partial charge < -0.3 is 24.6 Å². The van der Waals surface area contributed by atoms with Gasteiger partial charge in [0.25, 0.3) is 5.91 Å². The average Bonchev–Trinajstić information content (AvgIpc) is 2.71. The number of hydrogen-bond acceptors (Lipinski definition) is 4. The van der Waals surface area contributed by atoms with Crippen molar-refractivity contribution in [2.45, 2.75) is 13.8 Å². The lowest BCUT2D eigenvalue weighted by molar-refractivity contribution is -0.892. The molecule has 2 N–H and O–H groups in total. The van der Waals surface area contributed by atoms with Crippen LogP contribution < -0.4 is 24.6 Å². The molecule has 1 aliphatic heterocycles. The van der Waals surface area contributed by atoms with Gasteiger partial charge in [0.1, 0.15) is 17.3 Å². The highest BCUT2D eigenvalue weighted by molar-refractivity contribution is 5.93. The Morgan fingerprint density at radius 2 is 1.83 bits per heavy atom. The Bertz CT molecular complexity index is 823. The molecule has 1 heterocycles. The van der Waals surface area contributed by atoms with Crippen LogP contribution in [0.1, 0.15) is 13.8 Å². The molecule has 0 radical (unpaired) electrons. The number of nitrogens with zero attached hydrogens (tertiary/aromatic N) is 1. The van der Waals surface area contributed by atoms with Crippen LogP contribution >= 0.6 is 0 Å². The van der Waals surface area contributed by atoms with Gasteiger partial charge in [0.15, 0.2) is 6.54 Å². The summed E-state index contributed by atoms with van der Waals surface area (Å²) in [6, 6.07) is 12.3. The second kappa shape index (κ2) is 10.1. The van der Waals surface area contributed by atoms with Crippen LogP contribution in [-0.4, -0.2) is 51.8 Å². The first kappa shape index (κ1) is 20.9. The Hall–Kier alpha value is -2.80. The number of anilines is 2. The lowest BCUT2D eigenvalue weighted by Crippen LogP contribution is -3.15. The topological polar surface area (TPSA) is 55.2 Å². The second-order valence-corrected chi connectivity index (χ2v) is 6.94. The molecular weight excluding hydrogens is 373 g/mol. The van der Waals surface area contributed by atoms with E-state index in [0.29, 0.717) is 55.7 Å². The number of hydrogen-bond donors (Lipinski definition) is 2.